The van der Waals surface area contributed by atoms with Gasteiger partial charge in [-0.2, -0.15) is 0 Å². The number of allylic oxidation sites excluding steroid dienone is 1. The molecule has 0 aliphatic heterocycles. The molecule has 0 aliphatic carbocycles. The number of carbonyl (C=O) groups is 2. The molecule has 0 spiro atoms. The van der Waals surface area contributed by atoms with E-state index < -0.39 is 0 Å². The normalized spacial score (nSPS) is 10.8. The number of rotatable bonds is 9. The number of aryl methyl sites for hydroxylation is 1. The molecule has 1 N–H and O–H groups in total. The maximum absolute atomic E-state index is 12.4. The van der Waals surface area contributed by atoms with E-state index in [0.29, 0.717) is 23.0 Å². The lowest BCUT2D eigenvalue weighted by atomic mass is 10.1. The Labute approximate surface area is 184 Å². The van der Waals surface area contributed by atoms with Crippen LogP contribution in [0.3, 0.4) is 0 Å². The molecule has 30 heavy (non-hydrogen) atoms. The fourth-order valence-electron chi connectivity index (χ4n) is 3.14. The van der Waals surface area contributed by atoms with Gasteiger partial charge in [-0.1, -0.05) is 36.9 Å². The van der Waals surface area contributed by atoms with E-state index in [0.717, 1.165) is 17.8 Å². The smallest absolute Gasteiger partial charge is 0.234 e. The monoisotopic (exact) mass is 440 g/mol. The summed E-state index contributed by atoms with van der Waals surface area (Å²) < 4.78 is 1.99. The Morgan fingerprint density at radius 2 is 2.13 bits per heavy atom. The third-order valence-corrected chi connectivity index (χ3v) is 6.53. The molecule has 0 fully saturated rings. The van der Waals surface area contributed by atoms with Crippen LogP contribution in [-0.4, -0.2) is 32.2 Å². The van der Waals surface area contributed by atoms with Crippen LogP contribution in [0.25, 0.3) is 11.4 Å². The van der Waals surface area contributed by atoms with Crippen molar-refractivity contribution in [1.29, 1.82) is 0 Å². The standard InChI is InChI=1S/C22H24N4O2S2/c1-5-10-26-21(19-12-29-15(4)18(19)6-2)24-25-22(26)30-13-20(28)23-17-9-7-8-16(11-17)14(3)27/h5,7-9,11-12H,1,6,10,13H2,2-4H3,(H,23,28). The van der Waals surface area contributed by atoms with Crippen LogP contribution >= 0.6 is 23.1 Å². The van der Waals surface area contributed by atoms with E-state index >= 15 is 0 Å². The number of aromatic nitrogens is 3. The summed E-state index contributed by atoms with van der Waals surface area (Å²) in [6, 6.07) is 6.91. The summed E-state index contributed by atoms with van der Waals surface area (Å²) in [5, 5.41) is 14.3. The average molecular weight is 441 g/mol. The number of nitrogens with one attached hydrogen (secondary N) is 1. The largest absolute Gasteiger partial charge is 0.325 e. The van der Waals surface area contributed by atoms with Crippen molar-refractivity contribution >= 4 is 40.5 Å². The van der Waals surface area contributed by atoms with E-state index in [4.69, 9.17) is 0 Å². The second kappa shape index (κ2) is 9.86. The second-order valence-corrected chi connectivity index (χ2v) is 8.74. The van der Waals surface area contributed by atoms with E-state index in [1.165, 1.54) is 29.1 Å². The van der Waals surface area contributed by atoms with E-state index in [1.54, 1.807) is 41.7 Å². The quantitative estimate of drug-likeness (QED) is 0.288. The lowest BCUT2D eigenvalue weighted by Gasteiger charge is -2.09. The number of anilines is 1. The predicted octanol–water partition coefficient (Wildman–Crippen LogP) is 5.00. The van der Waals surface area contributed by atoms with Gasteiger partial charge in [0, 0.05) is 33.6 Å². The molecule has 0 saturated heterocycles. The highest BCUT2D eigenvalue weighted by Crippen LogP contribution is 2.32. The molecule has 3 rings (SSSR count). The zero-order chi connectivity index (χ0) is 21.7. The fourth-order valence-corrected chi connectivity index (χ4v) is 4.82. The van der Waals surface area contributed by atoms with Crippen molar-refractivity contribution in [3.05, 3.63) is 58.3 Å². The van der Waals surface area contributed by atoms with Gasteiger partial charge >= 0.3 is 0 Å². The van der Waals surface area contributed by atoms with E-state index in [-0.39, 0.29) is 17.4 Å². The van der Waals surface area contributed by atoms with Crippen LogP contribution in [0.2, 0.25) is 0 Å². The van der Waals surface area contributed by atoms with Gasteiger partial charge in [-0.3, -0.25) is 14.2 Å². The highest BCUT2D eigenvalue weighted by atomic mass is 32.2. The first-order valence-corrected chi connectivity index (χ1v) is 11.5. The second-order valence-electron chi connectivity index (χ2n) is 6.72. The Kier molecular flexibility index (Phi) is 7.23. The predicted molar refractivity (Wildman–Crippen MR) is 123 cm³/mol. The van der Waals surface area contributed by atoms with Gasteiger partial charge in [0.05, 0.1) is 5.75 Å². The van der Waals surface area contributed by atoms with E-state index in [2.05, 4.69) is 41.3 Å². The van der Waals surface area contributed by atoms with Crippen molar-refractivity contribution < 1.29 is 9.59 Å². The molecule has 0 bridgehead atoms. The van der Waals surface area contributed by atoms with Crippen LogP contribution in [0, 0.1) is 6.92 Å². The van der Waals surface area contributed by atoms with Gasteiger partial charge < -0.3 is 5.32 Å². The van der Waals surface area contributed by atoms with Crippen molar-refractivity contribution in [1.82, 2.24) is 14.8 Å². The molecule has 1 aromatic carbocycles. The number of ketones is 1. The van der Waals surface area contributed by atoms with E-state index in [1.807, 2.05) is 4.57 Å². The first kappa shape index (κ1) is 22.0. The summed E-state index contributed by atoms with van der Waals surface area (Å²) in [5.74, 6) is 0.771. The zero-order valence-electron chi connectivity index (χ0n) is 17.3. The average Bonchev–Trinajstić information content (AvgIpc) is 3.29. The highest BCUT2D eigenvalue weighted by molar-refractivity contribution is 7.99. The number of carbonyl (C=O) groups excluding carboxylic acids is 2. The van der Waals surface area contributed by atoms with Crippen LogP contribution in [0.5, 0.6) is 0 Å². The number of thioether (sulfide) groups is 1. The van der Waals surface area contributed by atoms with Crippen LogP contribution in [0.1, 0.15) is 34.6 Å². The molecular weight excluding hydrogens is 416 g/mol. The van der Waals surface area contributed by atoms with Crippen LogP contribution < -0.4 is 5.32 Å². The summed E-state index contributed by atoms with van der Waals surface area (Å²) in [5.41, 5.74) is 3.53. The molecule has 156 valence electrons. The number of hydrogen-bond donors (Lipinski definition) is 1. The third-order valence-electron chi connectivity index (χ3n) is 4.61. The molecular formula is C22H24N4O2S2. The molecule has 0 saturated carbocycles. The highest BCUT2D eigenvalue weighted by Gasteiger charge is 2.19. The SMILES string of the molecule is C=CCn1c(SCC(=O)Nc2cccc(C(C)=O)c2)nnc1-c1csc(C)c1CC. The first-order chi connectivity index (χ1) is 14.4. The number of benzene rings is 1. The molecule has 0 radical (unpaired) electrons. The number of thiophene rings is 1. The Balaban J connectivity index is 1.74. The third kappa shape index (κ3) is 4.88. The Morgan fingerprint density at radius 3 is 2.83 bits per heavy atom. The molecule has 2 aromatic heterocycles. The number of amides is 1. The number of nitrogens with zero attached hydrogens (tertiary/aromatic N) is 3. The number of Topliss-reactive ketones (excluding diaryl/α,β-unsaturated/α-hetero) is 1. The maximum Gasteiger partial charge on any atom is 0.234 e. The van der Waals surface area contributed by atoms with Gasteiger partial charge in [-0.25, -0.2) is 0 Å². The Morgan fingerprint density at radius 1 is 1.33 bits per heavy atom. The van der Waals surface area contributed by atoms with Gasteiger partial charge in [0.25, 0.3) is 0 Å². The lowest BCUT2D eigenvalue weighted by Crippen LogP contribution is -2.15. The van der Waals surface area contributed by atoms with Crippen LogP contribution in [0.4, 0.5) is 5.69 Å². The summed E-state index contributed by atoms with van der Waals surface area (Å²) in [4.78, 5) is 25.2. The first-order valence-electron chi connectivity index (χ1n) is 9.59. The summed E-state index contributed by atoms with van der Waals surface area (Å²) in [6.07, 6.45) is 2.73. The number of hydrogen-bond acceptors (Lipinski definition) is 6. The molecule has 2 heterocycles. The van der Waals surface area contributed by atoms with Gasteiger partial charge in [-0.15, -0.1) is 28.1 Å². The molecule has 3 aromatic rings. The summed E-state index contributed by atoms with van der Waals surface area (Å²) in [7, 11) is 0. The summed E-state index contributed by atoms with van der Waals surface area (Å²) >= 11 is 3.03. The van der Waals surface area contributed by atoms with Crippen molar-refractivity contribution in [2.75, 3.05) is 11.1 Å². The minimum atomic E-state index is -0.170. The van der Waals surface area contributed by atoms with E-state index in [9.17, 15) is 9.59 Å². The topological polar surface area (TPSA) is 76.9 Å². The lowest BCUT2D eigenvalue weighted by molar-refractivity contribution is -0.113. The molecule has 1 amide bonds. The van der Waals surface area contributed by atoms with Crippen molar-refractivity contribution in [2.45, 2.75) is 38.9 Å². The Hall–Kier alpha value is -2.71. The van der Waals surface area contributed by atoms with Gasteiger partial charge in [0.2, 0.25) is 5.91 Å². The van der Waals surface area contributed by atoms with Gasteiger partial charge in [0.1, 0.15) is 0 Å². The van der Waals surface area contributed by atoms with Crippen LogP contribution in [0.15, 0.2) is 47.5 Å². The minimum Gasteiger partial charge on any atom is -0.325 e. The molecule has 8 heteroatoms. The van der Waals surface area contributed by atoms with Crippen molar-refractivity contribution in [3.8, 4) is 11.4 Å². The van der Waals surface area contributed by atoms with Gasteiger partial charge in [-0.05, 0) is 38.0 Å². The van der Waals surface area contributed by atoms with Crippen molar-refractivity contribution in [2.24, 2.45) is 0 Å². The summed E-state index contributed by atoms with van der Waals surface area (Å²) in [6.45, 7) is 10.1. The zero-order valence-corrected chi connectivity index (χ0v) is 18.9. The van der Waals surface area contributed by atoms with Gasteiger partial charge in [0.15, 0.2) is 16.8 Å². The molecule has 0 aliphatic rings. The van der Waals surface area contributed by atoms with Crippen LogP contribution in [-0.2, 0) is 17.8 Å². The Bertz CT molecular complexity index is 1080. The molecule has 0 atom stereocenters. The molecule has 6 nitrogen and oxygen atoms in total. The minimum absolute atomic E-state index is 0.0411. The fraction of sp³-hybridized carbons (Fsp3) is 0.273. The maximum atomic E-state index is 12.4. The van der Waals surface area contributed by atoms with Crippen molar-refractivity contribution in [3.63, 3.8) is 0 Å². The molecule has 0 unspecified atom stereocenters.